The molecule has 2 atom stereocenters. The number of rotatable bonds is 3. The molecule has 2 aliphatic heterocycles. The average Bonchev–Trinajstić information content (AvgIpc) is 3.00. The molecule has 0 bridgehead atoms. The Morgan fingerprint density at radius 2 is 2.28 bits per heavy atom. The van der Waals surface area contributed by atoms with Crippen LogP contribution in [0.25, 0.3) is 0 Å². The Bertz CT molecular complexity index is 365. The molecule has 2 saturated heterocycles. The van der Waals surface area contributed by atoms with Crippen molar-refractivity contribution in [3.05, 3.63) is 16.6 Å². The highest BCUT2D eigenvalue weighted by atomic mass is 32.1. The van der Waals surface area contributed by atoms with Gasteiger partial charge in [-0.05, 0) is 38.8 Å². The molecule has 0 spiro atoms. The molecule has 3 rings (SSSR count). The number of aromatic nitrogens is 1. The summed E-state index contributed by atoms with van der Waals surface area (Å²) < 4.78 is 0. The largest absolute Gasteiger partial charge is 0.299 e. The van der Waals surface area contributed by atoms with Gasteiger partial charge in [-0.2, -0.15) is 0 Å². The molecule has 2 aliphatic rings. The summed E-state index contributed by atoms with van der Waals surface area (Å²) in [5.41, 5.74) is 0. The van der Waals surface area contributed by atoms with Crippen LogP contribution in [0.5, 0.6) is 0 Å². The zero-order chi connectivity index (χ0) is 12.4. The van der Waals surface area contributed by atoms with Crippen molar-refractivity contribution in [3.8, 4) is 0 Å². The van der Waals surface area contributed by atoms with Crippen molar-refractivity contribution in [2.45, 2.75) is 44.7 Å². The lowest BCUT2D eigenvalue weighted by molar-refractivity contribution is 0.169. The quantitative estimate of drug-likeness (QED) is 0.838. The molecule has 1 aromatic rings. The van der Waals surface area contributed by atoms with Crippen molar-refractivity contribution in [1.29, 1.82) is 0 Å². The van der Waals surface area contributed by atoms with E-state index >= 15 is 0 Å². The molecule has 3 nitrogen and oxygen atoms in total. The van der Waals surface area contributed by atoms with Gasteiger partial charge in [0.05, 0.1) is 6.04 Å². The normalized spacial score (nSPS) is 27.9. The van der Waals surface area contributed by atoms with Crippen molar-refractivity contribution in [1.82, 2.24) is 14.8 Å². The van der Waals surface area contributed by atoms with Gasteiger partial charge in [-0.1, -0.05) is 6.92 Å². The van der Waals surface area contributed by atoms with Crippen LogP contribution >= 0.6 is 11.3 Å². The lowest BCUT2D eigenvalue weighted by Gasteiger charge is -2.31. The van der Waals surface area contributed by atoms with Gasteiger partial charge in [-0.25, -0.2) is 4.98 Å². The molecule has 2 fully saturated rings. The van der Waals surface area contributed by atoms with Gasteiger partial charge >= 0.3 is 0 Å². The van der Waals surface area contributed by atoms with Gasteiger partial charge in [0, 0.05) is 30.7 Å². The third-order valence-electron chi connectivity index (χ3n) is 4.40. The van der Waals surface area contributed by atoms with Crippen molar-refractivity contribution in [2.75, 3.05) is 26.2 Å². The molecule has 4 heteroatoms. The Morgan fingerprint density at radius 3 is 3.06 bits per heavy atom. The smallest absolute Gasteiger partial charge is 0.110 e. The van der Waals surface area contributed by atoms with Gasteiger partial charge in [0.2, 0.25) is 0 Å². The highest BCUT2D eigenvalue weighted by Gasteiger charge is 2.32. The van der Waals surface area contributed by atoms with E-state index in [1.165, 1.54) is 56.9 Å². The minimum Gasteiger partial charge on any atom is -0.299 e. The van der Waals surface area contributed by atoms with Crippen molar-refractivity contribution in [2.24, 2.45) is 0 Å². The Labute approximate surface area is 114 Å². The highest BCUT2D eigenvalue weighted by Crippen LogP contribution is 2.30. The van der Waals surface area contributed by atoms with Crippen LogP contribution in [0, 0.1) is 0 Å². The number of thiazole rings is 1. The SMILES string of the molecule is CCC(c1nccs1)N1CCCN2CCCC2C1. The number of nitrogens with zero attached hydrogens (tertiary/aromatic N) is 3. The van der Waals surface area contributed by atoms with Crippen LogP contribution in [-0.2, 0) is 0 Å². The van der Waals surface area contributed by atoms with E-state index in [9.17, 15) is 0 Å². The fraction of sp³-hybridized carbons (Fsp3) is 0.786. The first kappa shape index (κ1) is 12.6. The van der Waals surface area contributed by atoms with Crippen LogP contribution in [0.15, 0.2) is 11.6 Å². The summed E-state index contributed by atoms with van der Waals surface area (Å²) in [6.07, 6.45) is 7.23. The van der Waals surface area contributed by atoms with Crippen LogP contribution in [0.1, 0.15) is 43.7 Å². The molecular formula is C14H23N3S. The number of hydrogen-bond acceptors (Lipinski definition) is 4. The first-order valence-corrected chi connectivity index (χ1v) is 8.14. The first-order valence-electron chi connectivity index (χ1n) is 7.26. The molecule has 3 heterocycles. The Balaban J connectivity index is 1.73. The molecule has 2 unspecified atom stereocenters. The molecule has 1 aromatic heterocycles. The number of fused-ring (bicyclic) bond motifs is 1. The minimum absolute atomic E-state index is 0.547. The summed E-state index contributed by atoms with van der Waals surface area (Å²) in [4.78, 5) is 9.93. The molecule has 0 aliphatic carbocycles. The predicted octanol–water partition coefficient (Wildman–Crippen LogP) is 2.76. The van der Waals surface area contributed by atoms with Gasteiger partial charge in [-0.15, -0.1) is 11.3 Å². The van der Waals surface area contributed by atoms with Crippen LogP contribution in [0.3, 0.4) is 0 Å². The standard InChI is InChI=1S/C14H23N3S/c1-2-13(14-15-6-10-18-14)17-9-4-8-16-7-3-5-12(16)11-17/h6,10,12-13H,2-5,7-9,11H2,1H3. The monoisotopic (exact) mass is 265 g/mol. The predicted molar refractivity (Wildman–Crippen MR) is 75.9 cm³/mol. The topological polar surface area (TPSA) is 19.4 Å². The summed E-state index contributed by atoms with van der Waals surface area (Å²) >= 11 is 1.81. The Morgan fingerprint density at radius 1 is 1.39 bits per heavy atom. The maximum absolute atomic E-state index is 4.54. The first-order chi connectivity index (χ1) is 8.88. The molecule has 0 saturated carbocycles. The highest BCUT2D eigenvalue weighted by molar-refractivity contribution is 7.09. The lowest BCUT2D eigenvalue weighted by Crippen LogP contribution is -2.38. The van der Waals surface area contributed by atoms with Crippen LogP contribution in [-0.4, -0.2) is 47.0 Å². The van der Waals surface area contributed by atoms with E-state index in [1.54, 1.807) is 0 Å². The van der Waals surface area contributed by atoms with Crippen molar-refractivity contribution >= 4 is 11.3 Å². The molecule has 100 valence electrons. The van der Waals surface area contributed by atoms with Crippen LogP contribution < -0.4 is 0 Å². The molecule has 18 heavy (non-hydrogen) atoms. The molecule has 0 aromatic carbocycles. The maximum atomic E-state index is 4.54. The van der Waals surface area contributed by atoms with Crippen molar-refractivity contribution in [3.63, 3.8) is 0 Å². The molecule has 0 N–H and O–H groups in total. The zero-order valence-corrected chi connectivity index (χ0v) is 12.0. The second-order valence-electron chi connectivity index (χ2n) is 5.47. The van der Waals surface area contributed by atoms with E-state index in [-0.39, 0.29) is 0 Å². The Kier molecular flexibility index (Phi) is 3.97. The fourth-order valence-corrected chi connectivity index (χ4v) is 4.36. The lowest BCUT2D eigenvalue weighted by atomic mass is 10.1. The van der Waals surface area contributed by atoms with E-state index < -0.39 is 0 Å². The summed E-state index contributed by atoms with van der Waals surface area (Å²) in [7, 11) is 0. The van der Waals surface area contributed by atoms with Gasteiger partial charge in [-0.3, -0.25) is 9.80 Å². The van der Waals surface area contributed by atoms with E-state index in [0.717, 1.165) is 6.04 Å². The van der Waals surface area contributed by atoms with E-state index in [0.29, 0.717) is 6.04 Å². The molecule has 0 radical (unpaired) electrons. The third kappa shape index (κ3) is 2.46. The van der Waals surface area contributed by atoms with Gasteiger partial charge in [0.15, 0.2) is 0 Å². The van der Waals surface area contributed by atoms with Crippen LogP contribution in [0.4, 0.5) is 0 Å². The van der Waals surface area contributed by atoms with E-state index in [2.05, 4.69) is 27.1 Å². The van der Waals surface area contributed by atoms with E-state index in [4.69, 9.17) is 0 Å². The van der Waals surface area contributed by atoms with Crippen molar-refractivity contribution < 1.29 is 0 Å². The molecule has 0 amide bonds. The second kappa shape index (κ2) is 5.68. The second-order valence-corrected chi connectivity index (χ2v) is 6.40. The summed E-state index contributed by atoms with van der Waals surface area (Å²) in [5, 5.41) is 3.42. The van der Waals surface area contributed by atoms with Gasteiger partial charge in [0.1, 0.15) is 5.01 Å². The van der Waals surface area contributed by atoms with Crippen LogP contribution in [0.2, 0.25) is 0 Å². The molecular weight excluding hydrogens is 242 g/mol. The van der Waals surface area contributed by atoms with Gasteiger partial charge < -0.3 is 0 Å². The summed E-state index contributed by atoms with van der Waals surface area (Å²) in [6.45, 7) is 7.41. The summed E-state index contributed by atoms with van der Waals surface area (Å²) in [6, 6.07) is 1.35. The zero-order valence-electron chi connectivity index (χ0n) is 11.2. The Hall–Kier alpha value is -0.450. The average molecular weight is 265 g/mol. The summed E-state index contributed by atoms with van der Waals surface area (Å²) in [5.74, 6) is 0. The third-order valence-corrected chi connectivity index (χ3v) is 5.28. The van der Waals surface area contributed by atoms with E-state index in [1.807, 2.05) is 17.5 Å². The number of hydrogen-bond donors (Lipinski definition) is 0. The maximum Gasteiger partial charge on any atom is 0.110 e. The van der Waals surface area contributed by atoms with Gasteiger partial charge in [0.25, 0.3) is 0 Å². The minimum atomic E-state index is 0.547. The fourth-order valence-electron chi connectivity index (χ4n) is 3.51.